The molecule has 0 unspecified atom stereocenters. The SMILES string of the molecule is c1ccc(-c2nc3cc4oc5c(-c6ccc(N(c7ccccc7)c7ccc(-c8cccc9c8oc8ccccc89)cc7)cc6)cccc5c4cc3o2)cc1. The van der Waals surface area contributed by atoms with E-state index in [9.17, 15) is 0 Å². The normalized spacial score (nSPS) is 11.7. The van der Waals surface area contributed by atoms with Crippen LogP contribution in [-0.4, -0.2) is 4.98 Å². The number of aromatic nitrogens is 1. The molecule has 0 aliphatic rings. The number of hydrogen-bond donors (Lipinski definition) is 0. The highest BCUT2D eigenvalue weighted by atomic mass is 16.4. The minimum absolute atomic E-state index is 0.601. The van der Waals surface area contributed by atoms with Gasteiger partial charge < -0.3 is 18.2 Å². The summed E-state index contributed by atoms with van der Waals surface area (Å²) >= 11 is 0. The molecule has 0 aliphatic carbocycles. The highest BCUT2D eigenvalue weighted by Gasteiger charge is 2.18. The number of rotatable bonds is 6. The second kappa shape index (κ2) is 12.1. The molecule has 0 spiro atoms. The molecule has 0 radical (unpaired) electrons. The van der Waals surface area contributed by atoms with Crippen molar-refractivity contribution in [1.82, 2.24) is 4.98 Å². The fraction of sp³-hybridized carbons (Fsp3) is 0. The molecule has 3 heterocycles. The number of anilines is 3. The van der Waals surface area contributed by atoms with Crippen molar-refractivity contribution in [2.75, 3.05) is 4.90 Å². The Bertz CT molecular complexity index is 3140. The fourth-order valence-corrected chi connectivity index (χ4v) is 7.73. The summed E-state index contributed by atoms with van der Waals surface area (Å²) in [4.78, 5) is 7.05. The second-order valence-electron chi connectivity index (χ2n) is 13.5. The average molecular weight is 695 g/mol. The van der Waals surface area contributed by atoms with Crippen molar-refractivity contribution in [1.29, 1.82) is 0 Å². The number of furan rings is 2. The topological polar surface area (TPSA) is 55.6 Å². The van der Waals surface area contributed by atoms with Crippen LogP contribution in [0.3, 0.4) is 0 Å². The number of fused-ring (bicyclic) bond motifs is 7. The van der Waals surface area contributed by atoms with E-state index < -0.39 is 0 Å². The van der Waals surface area contributed by atoms with Gasteiger partial charge in [-0.15, -0.1) is 0 Å². The van der Waals surface area contributed by atoms with E-state index in [4.69, 9.17) is 18.2 Å². The molecule has 254 valence electrons. The summed E-state index contributed by atoms with van der Waals surface area (Å²) in [6.45, 7) is 0. The standard InChI is InChI=1S/C49H30N2O3/c1-3-11-33(12-4-1)49-50-43-30-45-42(29-46(43)54-49)41-19-10-17-38(48(41)53-45)32-23-27-36(28-24-32)51(34-13-5-2-6-14-34)35-25-21-31(22-26-35)37-16-9-18-40-39-15-7-8-20-44(39)52-47(37)40/h1-30H. The van der Waals surface area contributed by atoms with E-state index in [0.29, 0.717) is 5.89 Å². The van der Waals surface area contributed by atoms with Gasteiger partial charge in [-0.05, 0) is 71.8 Å². The van der Waals surface area contributed by atoms with Crippen molar-refractivity contribution < 1.29 is 13.3 Å². The molecular weight excluding hydrogens is 665 g/mol. The first-order chi connectivity index (χ1) is 26.7. The zero-order valence-corrected chi connectivity index (χ0v) is 28.9. The summed E-state index contributed by atoms with van der Waals surface area (Å²) in [5.74, 6) is 0.601. The predicted molar refractivity (Wildman–Crippen MR) is 220 cm³/mol. The lowest BCUT2D eigenvalue weighted by Crippen LogP contribution is -2.09. The van der Waals surface area contributed by atoms with Crippen molar-refractivity contribution in [3.63, 3.8) is 0 Å². The van der Waals surface area contributed by atoms with Crippen LogP contribution in [0.2, 0.25) is 0 Å². The van der Waals surface area contributed by atoms with Crippen LogP contribution < -0.4 is 4.90 Å². The molecule has 0 aliphatic heterocycles. The Labute approximate surface area is 309 Å². The van der Waals surface area contributed by atoms with E-state index >= 15 is 0 Å². The van der Waals surface area contributed by atoms with Crippen LogP contribution in [0.25, 0.3) is 88.7 Å². The third-order valence-electron chi connectivity index (χ3n) is 10.3. The fourth-order valence-electron chi connectivity index (χ4n) is 7.73. The number of nitrogens with zero attached hydrogens (tertiary/aromatic N) is 2. The average Bonchev–Trinajstić information content (AvgIpc) is 3.94. The van der Waals surface area contributed by atoms with E-state index in [-0.39, 0.29) is 0 Å². The van der Waals surface area contributed by atoms with Crippen LogP contribution in [-0.2, 0) is 0 Å². The van der Waals surface area contributed by atoms with Crippen LogP contribution in [0.1, 0.15) is 0 Å². The zero-order valence-electron chi connectivity index (χ0n) is 28.9. The molecule has 8 aromatic carbocycles. The van der Waals surface area contributed by atoms with Gasteiger partial charge in [0.15, 0.2) is 5.58 Å². The number of hydrogen-bond acceptors (Lipinski definition) is 5. The highest BCUT2D eigenvalue weighted by Crippen LogP contribution is 2.42. The van der Waals surface area contributed by atoms with Crippen molar-refractivity contribution in [3.05, 3.63) is 182 Å². The third-order valence-corrected chi connectivity index (χ3v) is 10.3. The van der Waals surface area contributed by atoms with Crippen LogP contribution >= 0.6 is 0 Å². The Morgan fingerprint density at radius 2 is 0.889 bits per heavy atom. The molecule has 0 amide bonds. The molecule has 5 heteroatoms. The minimum atomic E-state index is 0.601. The van der Waals surface area contributed by atoms with Gasteiger partial charge in [0.1, 0.15) is 27.8 Å². The lowest BCUT2D eigenvalue weighted by molar-refractivity contribution is 0.620. The second-order valence-corrected chi connectivity index (χ2v) is 13.5. The quantitative estimate of drug-likeness (QED) is 0.173. The lowest BCUT2D eigenvalue weighted by Gasteiger charge is -2.26. The van der Waals surface area contributed by atoms with E-state index in [1.165, 1.54) is 0 Å². The first-order valence-corrected chi connectivity index (χ1v) is 18.0. The van der Waals surface area contributed by atoms with E-state index in [1.807, 2.05) is 60.7 Å². The lowest BCUT2D eigenvalue weighted by atomic mass is 10.0. The molecular formula is C49H30N2O3. The summed E-state index contributed by atoms with van der Waals surface area (Å²) in [5.41, 5.74) is 13.3. The molecule has 0 fully saturated rings. The molecule has 0 bridgehead atoms. The number of oxazole rings is 1. The molecule has 0 atom stereocenters. The van der Waals surface area contributed by atoms with Crippen LogP contribution in [0.5, 0.6) is 0 Å². The molecule has 54 heavy (non-hydrogen) atoms. The molecule has 3 aromatic heterocycles. The number of benzene rings is 8. The summed E-state index contributed by atoms with van der Waals surface area (Å²) in [6, 6.07) is 62.8. The van der Waals surface area contributed by atoms with Crippen LogP contribution in [0.15, 0.2) is 195 Å². The van der Waals surface area contributed by atoms with Gasteiger partial charge in [-0.2, -0.15) is 0 Å². The smallest absolute Gasteiger partial charge is 0.227 e. The van der Waals surface area contributed by atoms with Crippen molar-refractivity contribution >= 4 is 72.0 Å². The van der Waals surface area contributed by atoms with Gasteiger partial charge in [0.05, 0.1) is 0 Å². The van der Waals surface area contributed by atoms with E-state index in [2.05, 4.69) is 126 Å². The van der Waals surface area contributed by atoms with Crippen molar-refractivity contribution in [2.45, 2.75) is 0 Å². The van der Waals surface area contributed by atoms with E-state index in [1.54, 1.807) is 0 Å². The van der Waals surface area contributed by atoms with Gasteiger partial charge in [0.2, 0.25) is 5.89 Å². The molecule has 5 nitrogen and oxygen atoms in total. The van der Waals surface area contributed by atoms with E-state index in [0.717, 1.165) is 99.9 Å². The summed E-state index contributed by atoms with van der Waals surface area (Å²) < 4.78 is 19.1. The Morgan fingerprint density at radius 3 is 1.56 bits per heavy atom. The molecule has 11 rings (SSSR count). The maximum Gasteiger partial charge on any atom is 0.227 e. The largest absolute Gasteiger partial charge is 0.455 e. The first-order valence-electron chi connectivity index (χ1n) is 18.0. The van der Waals surface area contributed by atoms with Gasteiger partial charge in [-0.3, -0.25) is 0 Å². The monoisotopic (exact) mass is 694 g/mol. The van der Waals surface area contributed by atoms with Gasteiger partial charge in [0, 0.05) is 61.4 Å². The van der Waals surface area contributed by atoms with Crippen molar-refractivity contribution in [3.8, 4) is 33.7 Å². The Morgan fingerprint density at radius 1 is 0.352 bits per heavy atom. The molecule has 0 N–H and O–H groups in total. The van der Waals surface area contributed by atoms with Crippen LogP contribution in [0, 0.1) is 0 Å². The Kier molecular flexibility index (Phi) is 6.79. The molecule has 0 saturated heterocycles. The van der Waals surface area contributed by atoms with Crippen LogP contribution in [0.4, 0.5) is 17.1 Å². The summed E-state index contributed by atoms with van der Waals surface area (Å²) in [6.07, 6.45) is 0. The Hall–Kier alpha value is -7.37. The molecule has 0 saturated carbocycles. The van der Waals surface area contributed by atoms with Gasteiger partial charge >= 0.3 is 0 Å². The highest BCUT2D eigenvalue weighted by molar-refractivity contribution is 6.12. The summed E-state index contributed by atoms with van der Waals surface area (Å²) in [5, 5.41) is 4.30. The van der Waals surface area contributed by atoms with Crippen molar-refractivity contribution in [2.24, 2.45) is 0 Å². The van der Waals surface area contributed by atoms with Gasteiger partial charge in [-0.1, -0.05) is 115 Å². The molecule has 11 aromatic rings. The zero-order chi connectivity index (χ0) is 35.6. The van der Waals surface area contributed by atoms with Gasteiger partial charge in [0.25, 0.3) is 0 Å². The minimum Gasteiger partial charge on any atom is -0.455 e. The number of para-hydroxylation sites is 4. The summed E-state index contributed by atoms with van der Waals surface area (Å²) in [7, 11) is 0. The first kappa shape index (κ1) is 30.3. The maximum absolute atomic E-state index is 6.57. The predicted octanol–water partition coefficient (Wildman–Crippen LogP) is 14.1. The maximum atomic E-state index is 6.57. The van der Waals surface area contributed by atoms with Gasteiger partial charge in [-0.25, -0.2) is 4.98 Å². The third kappa shape index (κ3) is 4.90. The Balaban J connectivity index is 0.952.